The summed E-state index contributed by atoms with van der Waals surface area (Å²) < 4.78 is 39.6. The number of carbonyl (C=O) groups is 7. The number of hydrogen-bond acceptors (Lipinski definition) is 14. The number of ketones is 2. The molecule has 54 heavy (non-hydrogen) atoms. The fourth-order valence-electron chi connectivity index (χ4n) is 6.31. The molecule has 0 saturated heterocycles. The van der Waals surface area contributed by atoms with E-state index >= 15 is 0 Å². The van der Waals surface area contributed by atoms with E-state index in [9.17, 15) is 33.6 Å². The summed E-state index contributed by atoms with van der Waals surface area (Å²) in [4.78, 5) is 88.9. The zero-order valence-corrected chi connectivity index (χ0v) is 29.6. The second-order valence-corrected chi connectivity index (χ2v) is 12.4. The topological polar surface area (TPSA) is 184 Å². The first-order chi connectivity index (χ1) is 25.7. The molecule has 4 aromatic carbocycles. The summed E-state index contributed by atoms with van der Waals surface area (Å²) in [6.07, 6.45) is -2.31. The number of ether oxygens (including phenoxy) is 7. The minimum Gasteiger partial charge on any atom is -0.484 e. The van der Waals surface area contributed by atoms with Crippen LogP contribution in [0.1, 0.15) is 96.6 Å². The van der Waals surface area contributed by atoms with E-state index in [1.54, 1.807) is 36.4 Å². The number of benzene rings is 4. The molecule has 0 bridgehead atoms. The Bertz CT molecular complexity index is 2220. The summed E-state index contributed by atoms with van der Waals surface area (Å²) >= 11 is 0. The molecule has 0 spiro atoms. The molecule has 6 rings (SSSR count). The Kier molecular flexibility index (Phi) is 10.3. The van der Waals surface area contributed by atoms with Crippen molar-refractivity contribution >= 4 is 41.4 Å². The molecule has 4 aromatic rings. The molecule has 3 unspecified atom stereocenters. The molecule has 0 fully saturated rings. The zero-order chi connectivity index (χ0) is 38.8. The molecule has 2 aliphatic rings. The quantitative estimate of drug-likeness (QED) is 0.149. The van der Waals surface area contributed by atoms with E-state index in [-0.39, 0.29) is 63.4 Å². The van der Waals surface area contributed by atoms with E-state index in [1.807, 2.05) is 0 Å². The lowest BCUT2D eigenvalue weighted by Gasteiger charge is -2.36. The fraction of sp³-hybridized carbons (Fsp3) is 0.225. The van der Waals surface area contributed by atoms with Crippen LogP contribution < -0.4 is 33.2 Å². The van der Waals surface area contributed by atoms with Gasteiger partial charge in [-0.15, -0.1) is 0 Å². The van der Waals surface area contributed by atoms with Crippen LogP contribution in [0.3, 0.4) is 0 Å². The molecule has 14 heteroatoms. The number of esters is 5. The maximum atomic E-state index is 14.7. The van der Waals surface area contributed by atoms with E-state index in [0.29, 0.717) is 11.1 Å². The first kappa shape index (κ1) is 36.9. The molecule has 14 nitrogen and oxygen atoms in total. The second-order valence-electron chi connectivity index (χ2n) is 12.4. The fourth-order valence-corrected chi connectivity index (χ4v) is 6.31. The lowest BCUT2D eigenvalue weighted by atomic mass is 9.78. The number of carbonyl (C=O) groups excluding carboxylic acids is 7. The Hall–Kier alpha value is -6.83. The van der Waals surface area contributed by atoms with E-state index in [0.717, 1.165) is 13.8 Å². The van der Waals surface area contributed by atoms with Gasteiger partial charge in [-0.05, 0) is 47.5 Å². The van der Waals surface area contributed by atoms with E-state index in [1.165, 1.54) is 57.2 Å². The van der Waals surface area contributed by atoms with Crippen molar-refractivity contribution in [1.29, 1.82) is 0 Å². The standard InChI is InChI=1S/C40H32O14/c1-19(41)48-26-10-6-24(7-11-26)31-17-30(46)35-33(53-31)18-34(51-22(4)44)36(40(35)52-23(5)45)37-38(47)29-15-14-28(50-21(3)43)16-32(29)54-39(37)25-8-12-27(13-9-25)49-20(2)42/h6-16,18,31,37,39H,17H2,1-5H3. The van der Waals surface area contributed by atoms with Gasteiger partial charge < -0.3 is 33.2 Å². The van der Waals surface area contributed by atoms with Crippen LogP contribution in [0, 0.1) is 0 Å². The van der Waals surface area contributed by atoms with Crippen LogP contribution in [0.25, 0.3) is 0 Å². The van der Waals surface area contributed by atoms with E-state index < -0.39 is 59.5 Å². The van der Waals surface area contributed by atoms with Gasteiger partial charge in [-0.2, -0.15) is 0 Å². The van der Waals surface area contributed by atoms with Crippen molar-refractivity contribution in [2.75, 3.05) is 0 Å². The molecular weight excluding hydrogens is 704 g/mol. The van der Waals surface area contributed by atoms with E-state index in [2.05, 4.69) is 0 Å². The van der Waals surface area contributed by atoms with Crippen LogP contribution in [-0.4, -0.2) is 41.4 Å². The minimum absolute atomic E-state index is 0.0452. The van der Waals surface area contributed by atoms with Crippen LogP contribution in [0.2, 0.25) is 0 Å². The Morgan fingerprint density at radius 1 is 0.574 bits per heavy atom. The number of hydrogen-bond donors (Lipinski definition) is 0. The van der Waals surface area contributed by atoms with Gasteiger partial charge in [-0.1, -0.05) is 24.3 Å². The summed E-state index contributed by atoms with van der Waals surface area (Å²) in [6, 6.07) is 17.8. The van der Waals surface area contributed by atoms with Crippen molar-refractivity contribution in [2.24, 2.45) is 0 Å². The molecule has 0 aromatic heterocycles. The maximum Gasteiger partial charge on any atom is 0.308 e. The summed E-state index contributed by atoms with van der Waals surface area (Å²) in [7, 11) is 0. The van der Waals surface area contributed by atoms with Gasteiger partial charge in [-0.25, -0.2) is 0 Å². The summed E-state index contributed by atoms with van der Waals surface area (Å²) in [6.45, 7) is 5.95. The Balaban J connectivity index is 1.54. The lowest BCUT2D eigenvalue weighted by Crippen LogP contribution is -2.32. The Labute approximate surface area is 307 Å². The van der Waals surface area contributed by atoms with Crippen molar-refractivity contribution in [3.63, 3.8) is 0 Å². The predicted molar refractivity (Wildman–Crippen MR) is 185 cm³/mol. The first-order valence-electron chi connectivity index (χ1n) is 16.6. The second kappa shape index (κ2) is 15.0. The average Bonchev–Trinajstić information content (AvgIpc) is 3.08. The van der Waals surface area contributed by atoms with Crippen molar-refractivity contribution in [1.82, 2.24) is 0 Å². The highest BCUT2D eigenvalue weighted by Crippen LogP contribution is 2.54. The number of fused-ring (bicyclic) bond motifs is 2. The smallest absolute Gasteiger partial charge is 0.308 e. The number of Topliss-reactive ketones (excluding diaryl/α,β-unsaturated/α-hetero) is 2. The highest BCUT2D eigenvalue weighted by Gasteiger charge is 2.46. The molecule has 0 N–H and O–H groups in total. The molecule has 0 saturated carbocycles. The monoisotopic (exact) mass is 736 g/mol. The minimum atomic E-state index is -1.43. The van der Waals surface area contributed by atoms with Gasteiger partial charge in [-0.3, -0.25) is 33.6 Å². The SMILES string of the molecule is CC(=O)Oc1ccc(C2CC(=O)c3c(cc(OC(C)=O)c(C4C(=O)c5ccc(OC(C)=O)cc5OC4c4ccc(OC(C)=O)cc4)c3OC(C)=O)O2)cc1. The Morgan fingerprint density at radius 3 is 1.65 bits per heavy atom. The van der Waals surface area contributed by atoms with Gasteiger partial charge in [0.1, 0.15) is 52.3 Å². The molecule has 2 heterocycles. The largest absolute Gasteiger partial charge is 0.484 e. The molecule has 276 valence electrons. The van der Waals surface area contributed by atoms with Crippen molar-refractivity contribution in [3.05, 3.63) is 101 Å². The van der Waals surface area contributed by atoms with Gasteiger partial charge >= 0.3 is 29.8 Å². The maximum absolute atomic E-state index is 14.7. The third kappa shape index (κ3) is 7.82. The van der Waals surface area contributed by atoms with Gasteiger partial charge in [0.05, 0.1) is 23.5 Å². The van der Waals surface area contributed by atoms with Crippen LogP contribution in [0.4, 0.5) is 0 Å². The van der Waals surface area contributed by atoms with Crippen LogP contribution in [0.15, 0.2) is 72.8 Å². The van der Waals surface area contributed by atoms with Crippen molar-refractivity contribution in [2.45, 2.75) is 59.2 Å². The van der Waals surface area contributed by atoms with Crippen molar-refractivity contribution < 1.29 is 66.7 Å². The van der Waals surface area contributed by atoms with Crippen LogP contribution >= 0.6 is 0 Å². The zero-order valence-electron chi connectivity index (χ0n) is 29.6. The molecule has 2 aliphatic heterocycles. The summed E-state index contributed by atoms with van der Waals surface area (Å²) in [5, 5.41) is 0. The first-order valence-corrected chi connectivity index (χ1v) is 16.6. The molecular formula is C40H32O14. The third-order valence-corrected chi connectivity index (χ3v) is 8.28. The van der Waals surface area contributed by atoms with Gasteiger partial charge in [0.2, 0.25) is 0 Å². The summed E-state index contributed by atoms with van der Waals surface area (Å²) in [5.74, 6) is -5.93. The lowest BCUT2D eigenvalue weighted by molar-refractivity contribution is -0.133. The Morgan fingerprint density at radius 2 is 1.09 bits per heavy atom. The van der Waals surface area contributed by atoms with Gasteiger partial charge in [0.15, 0.2) is 17.3 Å². The molecule has 0 aliphatic carbocycles. The summed E-state index contributed by atoms with van der Waals surface area (Å²) in [5.41, 5.74) is 0.650. The average molecular weight is 737 g/mol. The molecule has 3 atom stereocenters. The van der Waals surface area contributed by atoms with E-state index in [4.69, 9.17) is 33.2 Å². The van der Waals surface area contributed by atoms with Crippen molar-refractivity contribution in [3.8, 4) is 40.2 Å². The van der Waals surface area contributed by atoms with Gasteiger partial charge in [0.25, 0.3) is 0 Å². The highest BCUT2D eigenvalue weighted by molar-refractivity contribution is 6.08. The third-order valence-electron chi connectivity index (χ3n) is 8.28. The predicted octanol–water partition coefficient (Wildman–Crippen LogP) is 6.12. The normalized spacial score (nSPS) is 17.1. The highest BCUT2D eigenvalue weighted by atomic mass is 16.6. The molecule has 0 amide bonds. The molecule has 0 radical (unpaired) electrons. The van der Waals surface area contributed by atoms with Crippen LogP contribution in [-0.2, 0) is 24.0 Å². The number of rotatable bonds is 8. The van der Waals surface area contributed by atoms with Gasteiger partial charge in [0, 0.05) is 46.8 Å². The van der Waals surface area contributed by atoms with Crippen LogP contribution in [0.5, 0.6) is 40.2 Å².